The average molecular weight is 170 g/mol. The highest BCUT2D eigenvalue weighted by Gasteiger charge is 2.19. The summed E-state index contributed by atoms with van der Waals surface area (Å²) in [6.45, 7) is 3.39. The van der Waals surface area contributed by atoms with Crippen molar-refractivity contribution < 1.29 is 0 Å². The summed E-state index contributed by atoms with van der Waals surface area (Å²) in [6.07, 6.45) is 6.61. The van der Waals surface area contributed by atoms with Gasteiger partial charge in [0.2, 0.25) is 0 Å². The number of nitrogens with two attached hydrogens (primary N) is 1. The van der Waals surface area contributed by atoms with Crippen molar-refractivity contribution in [3.63, 3.8) is 0 Å². The van der Waals surface area contributed by atoms with E-state index in [2.05, 4.69) is 18.9 Å². The van der Waals surface area contributed by atoms with Crippen molar-refractivity contribution in [2.45, 2.75) is 51.1 Å². The molecule has 1 saturated heterocycles. The fraction of sp³-hybridized carbons (Fsp3) is 1.00. The molecule has 0 aromatic carbocycles. The Bertz CT molecular complexity index is 123. The van der Waals surface area contributed by atoms with Crippen LogP contribution in [0.2, 0.25) is 0 Å². The van der Waals surface area contributed by atoms with Crippen LogP contribution in [0, 0.1) is 0 Å². The van der Waals surface area contributed by atoms with Gasteiger partial charge in [0.15, 0.2) is 0 Å². The molecular formula is C10H22N2. The molecule has 0 aromatic heterocycles. The third-order valence-corrected chi connectivity index (χ3v) is 2.87. The van der Waals surface area contributed by atoms with Gasteiger partial charge >= 0.3 is 0 Å². The van der Waals surface area contributed by atoms with E-state index in [1.165, 1.54) is 38.6 Å². The van der Waals surface area contributed by atoms with E-state index in [4.69, 9.17) is 5.73 Å². The lowest BCUT2D eigenvalue weighted by Crippen LogP contribution is -2.25. The summed E-state index contributed by atoms with van der Waals surface area (Å²) in [5, 5.41) is 0. The first-order chi connectivity index (χ1) is 5.70. The van der Waals surface area contributed by atoms with Crippen LogP contribution >= 0.6 is 0 Å². The highest BCUT2D eigenvalue weighted by molar-refractivity contribution is 4.76. The first-order valence-corrected chi connectivity index (χ1v) is 5.16. The van der Waals surface area contributed by atoms with Crippen molar-refractivity contribution in [1.29, 1.82) is 0 Å². The second-order valence-corrected chi connectivity index (χ2v) is 4.18. The maximum absolute atomic E-state index is 5.70. The van der Waals surface area contributed by atoms with E-state index in [1.807, 2.05) is 0 Å². The molecule has 2 heteroatoms. The molecule has 1 unspecified atom stereocenters. The second-order valence-electron chi connectivity index (χ2n) is 4.18. The lowest BCUT2D eigenvalue weighted by atomic mass is 10.1. The highest BCUT2D eigenvalue weighted by Crippen LogP contribution is 2.19. The predicted molar refractivity (Wildman–Crippen MR) is 53.2 cm³/mol. The van der Waals surface area contributed by atoms with Gasteiger partial charge in [-0.1, -0.05) is 6.42 Å². The molecule has 12 heavy (non-hydrogen) atoms. The van der Waals surface area contributed by atoms with Crippen LogP contribution in [0.25, 0.3) is 0 Å². The van der Waals surface area contributed by atoms with Gasteiger partial charge in [-0.15, -0.1) is 0 Å². The van der Waals surface area contributed by atoms with E-state index in [-0.39, 0.29) is 0 Å². The standard InChI is InChI=1S/C10H22N2/c1-9(11)5-3-6-10-7-4-8-12(10)2/h9-10H,3-8,11H2,1-2H3/t9-,10?/m0/s1. The monoisotopic (exact) mass is 170 g/mol. The molecule has 0 amide bonds. The van der Waals surface area contributed by atoms with Gasteiger partial charge in [0, 0.05) is 12.1 Å². The zero-order chi connectivity index (χ0) is 8.97. The Morgan fingerprint density at radius 3 is 2.83 bits per heavy atom. The van der Waals surface area contributed by atoms with Gasteiger partial charge in [-0.25, -0.2) is 0 Å². The van der Waals surface area contributed by atoms with Gasteiger partial charge in [0.1, 0.15) is 0 Å². The van der Waals surface area contributed by atoms with Crippen molar-refractivity contribution in [1.82, 2.24) is 4.90 Å². The highest BCUT2D eigenvalue weighted by atomic mass is 15.1. The van der Waals surface area contributed by atoms with Crippen LogP contribution in [-0.2, 0) is 0 Å². The third-order valence-electron chi connectivity index (χ3n) is 2.87. The number of hydrogen-bond acceptors (Lipinski definition) is 2. The first kappa shape index (κ1) is 10.0. The van der Waals surface area contributed by atoms with Gasteiger partial charge < -0.3 is 10.6 Å². The molecule has 0 aromatic rings. The molecule has 1 rings (SSSR count). The maximum atomic E-state index is 5.70. The Morgan fingerprint density at radius 1 is 1.58 bits per heavy atom. The fourth-order valence-electron chi connectivity index (χ4n) is 2.02. The molecule has 2 N–H and O–H groups in total. The Balaban J connectivity index is 2.06. The Morgan fingerprint density at radius 2 is 2.33 bits per heavy atom. The Hall–Kier alpha value is -0.0800. The molecule has 1 fully saturated rings. The Kier molecular flexibility index (Phi) is 4.02. The largest absolute Gasteiger partial charge is 0.328 e. The first-order valence-electron chi connectivity index (χ1n) is 5.16. The van der Waals surface area contributed by atoms with E-state index < -0.39 is 0 Å². The molecule has 0 aliphatic carbocycles. The quantitative estimate of drug-likeness (QED) is 0.694. The summed E-state index contributed by atoms with van der Waals surface area (Å²) in [5.74, 6) is 0. The zero-order valence-electron chi connectivity index (χ0n) is 8.42. The van der Waals surface area contributed by atoms with Crippen LogP contribution in [0.3, 0.4) is 0 Å². The van der Waals surface area contributed by atoms with Crippen LogP contribution < -0.4 is 5.73 Å². The van der Waals surface area contributed by atoms with Crippen LogP contribution in [0.15, 0.2) is 0 Å². The van der Waals surface area contributed by atoms with E-state index in [0.717, 1.165) is 6.04 Å². The third kappa shape index (κ3) is 3.11. The topological polar surface area (TPSA) is 29.3 Å². The summed E-state index contributed by atoms with van der Waals surface area (Å²) in [4.78, 5) is 2.49. The van der Waals surface area contributed by atoms with E-state index >= 15 is 0 Å². The van der Waals surface area contributed by atoms with Crippen LogP contribution in [0.1, 0.15) is 39.0 Å². The zero-order valence-corrected chi connectivity index (χ0v) is 8.42. The summed E-state index contributed by atoms with van der Waals surface area (Å²) in [7, 11) is 2.24. The van der Waals surface area contributed by atoms with Gasteiger partial charge in [0.25, 0.3) is 0 Å². The molecular weight excluding hydrogens is 148 g/mol. The minimum Gasteiger partial charge on any atom is -0.328 e. The summed E-state index contributed by atoms with van der Waals surface area (Å²) >= 11 is 0. The van der Waals surface area contributed by atoms with E-state index in [0.29, 0.717) is 6.04 Å². The van der Waals surface area contributed by atoms with Crippen molar-refractivity contribution >= 4 is 0 Å². The molecule has 0 spiro atoms. The van der Waals surface area contributed by atoms with Crippen LogP contribution in [-0.4, -0.2) is 30.6 Å². The molecule has 0 radical (unpaired) electrons. The van der Waals surface area contributed by atoms with E-state index in [1.54, 1.807) is 0 Å². The van der Waals surface area contributed by atoms with Gasteiger partial charge in [-0.05, 0) is 46.2 Å². The Labute approximate surface area is 76.1 Å². The van der Waals surface area contributed by atoms with Crippen molar-refractivity contribution in [3.8, 4) is 0 Å². The smallest absolute Gasteiger partial charge is 0.00926 e. The normalized spacial score (nSPS) is 27.8. The number of nitrogens with zero attached hydrogens (tertiary/aromatic N) is 1. The van der Waals surface area contributed by atoms with Gasteiger partial charge in [-0.2, -0.15) is 0 Å². The lowest BCUT2D eigenvalue weighted by molar-refractivity contribution is 0.288. The number of rotatable bonds is 4. The molecule has 1 aliphatic heterocycles. The molecule has 2 atom stereocenters. The van der Waals surface area contributed by atoms with Crippen molar-refractivity contribution in [3.05, 3.63) is 0 Å². The summed E-state index contributed by atoms with van der Waals surface area (Å²) < 4.78 is 0. The summed E-state index contributed by atoms with van der Waals surface area (Å²) in [6, 6.07) is 1.24. The molecule has 0 bridgehead atoms. The van der Waals surface area contributed by atoms with E-state index in [9.17, 15) is 0 Å². The molecule has 1 heterocycles. The predicted octanol–water partition coefficient (Wildman–Crippen LogP) is 1.60. The summed E-state index contributed by atoms with van der Waals surface area (Å²) in [5.41, 5.74) is 5.70. The van der Waals surface area contributed by atoms with Crippen LogP contribution in [0.5, 0.6) is 0 Å². The number of hydrogen-bond donors (Lipinski definition) is 1. The fourth-order valence-corrected chi connectivity index (χ4v) is 2.02. The van der Waals surface area contributed by atoms with Crippen molar-refractivity contribution in [2.75, 3.05) is 13.6 Å². The second kappa shape index (κ2) is 4.83. The van der Waals surface area contributed by atoms with Crippen molar-refractivity contribution in [2.24, 2.45) is 5.73 Å². The minimum atomic E-state index is 0.386. The minimum absolute atomic E-state index is 0.386. The molecule has 1 aliphatic rings. The van der Waals surface area contributed by atoms with Gasteiger partial charge in [-0.3, -0.25) is 0 Å². The lowest BCUT2D eigenvalue weighted by Gasteiger charge is -2.19. The average Bonchev–Trinajstić information content (AvgIpc) is 2.36. The van der Waals surface area contributed by atoms with Crippen LogP contribution in [0.4, 0.5) is 0 Å². The molecule has 0 saturated carbocycles. The molecule has 72 valence electrons. The maximum Gasteiger partial charge on any atom is 0.00926 e. The molecule has 2 nitrogen and oxygen atoms in total. The SMILES string of the molecule is C[C@H](N)CCCC1CCCN1C. The number of likely N-dealkylation sites (tertiary alicyclic amines) is 1. The van der Waals surface area contributed by atoms with Gasteiger partial charge in [0.05, 0.1) is 0 Å².